The molecule has 18 heavy (non-hydrogen) atoms. The van der Waals surface area contributed by atoms with Crippen molar-refractivity contribution in [3.8, 4) is 5.69 Å². The molecule has 3 rings (SSSR count). The van der Waals surface area contributed by atoms with E-state index in [9.17, 15) is 0 Å². The van der Waals surface area contributed by atoms with Crippen LogP contribution in [0.2, 0.25) is 0 Å². The summed E-state index contributed by atoms with van der Waals surface area (Å²) in [5.41, 5.74) is 1.93. The molecule has 6 heteroatoms. The maximum absolute atomic E-state index is 5.45. The Morgan fingerprint density at radius 3 is 2.72 bits per heavy atom. The van der Waals surface area contributed by atoms with Crippen molar-refractivity contribution >= 4 is 45.7 Å². The molecule has 3 aromatic rings. The molecule has 0 radical (unpaired) electrons. The number of nitrogens with zero attached hydrogens (tertiary/aromatic N) is 3. The van der Waals surface area contributed by atoms with Crippen molar-refractivity contribution in [2.75, 3.05) is 6.26 Å². The van der Waals surface area contributed by atoms with Crippen LogP contribution in [0.4, 0.5) is 0 Å². The zero-order valence-electron chi connectivity index (χ0n) is 9.53. The van der Waals surface area contributed by atoms with Crippen LogP contribution < -0.4 is 0 Å². The zero-order chi connectivity index (χ0) is 12.5. The van der Waals surface area contributed by atoms with E-state index < -0.39 is 0 Å². The number of benzene rings is 1. The van der Waals surface area contributed by atoms with Crippen molar-refractivity contribution in [1.82, 2.24) is 14.5 Å². The molecule has 0 bridgehead atoms. The van der Waals surface area contributed by atoms with Gasteiger partial charge in [-0.2, -0.15) is 0 Å². The van der Waals surface area contributed by atoms with Crippen LogP contribution in [0.3, 0.4) is 0 Å². The van der Waals surface area contributed by atoms with Crippen LogP contribution in [0.25, 0.3) is 16.0 Å². The molecule has 0 atom stereocenters. The van der Waals surface area contributed by atoms with Crippen molar-refractivity contribution in [2.24, 2.45) is 0 Å². The molecule has 0 aliphatic heterocycles. The first-order valence-corrected chi connectivity index (χ1v) is 7.72. The lowest BCUT2D eigenvalue weighted by Gasteiger charge is -2.03. The first-order valence-electron chi connectivity index (χ1n) is 5.27. The fraction of sp³-hybridized carbons (Fsp3) is 0.0833. The predicted molar refractivity (Wildman–Crippen MR) is 79.4 cm³/mol. The van der Waals surface area contributed by atoms with Gasteiger partial charge in [0.25, 0.3) is 0 Å². The van der Waals surface area contributed by atoms with Gasteiger partial charge in [-0.25, -0.2) is 9.97 Å². The average molecular weight is 291 g/mol. The summed E-state index contributed by atoms with van der Waals surface area (Å²) in [7, 11) is 0. The lowest BCUT2D eigenvalue weighted by atomic mass is 10.3. The molecule has 0 aliphatic rings. The van der Waals surface area contributed by atoms with Crippen molar-refractivity contribution in [3.05, 3.63) is 40.6 Å². The molecule has 0 unspecified atom stereocenters. The summed E-state index contributed by atoms with van der Waals surface area (Å²) in [6, 6.07) is 10.0. The lowest BCUT2D eigenvalue weighted by molar-refractivity contribution is 1.04. The van der Waals surface area contributed by atoms with E-state index in [1.165, 1.54) is 0 Å². The van der Waals surface area contributed by atoms with Crippen molar-refractivity contribution in [1.29, 1.82) is 0 Å². The van der Waals surface area contributed by atoms with Gasteiger partial charge in [0, 0.05) is 5.69 Å². The van der Waals surface area contributed by atoms with E-state index in [4.69, 9.17) is 12.2 Å². The molecule has 0 saturated carbocycles. The van der Waals surface area contributed by atoms with E-state index >= 15 is 0 Å². The number of thioether (sulfide) groups is 1. The van der Waals surface area contributed by atoms with Crippen LogP contribution in [-0.4, -0.2) is 20.8 Å². The van der Waals surface area contributed by atoms with Crippen LogP contribution >= 0.6 is 35.3 Å². The molecule has 0 aliphatic carbocycles. The zero-order valence-corrected chi connectivity index (χ0v) is 12.0. The van der Waals surface area contributed by atoms with E-state index in [0.717, 1.165) is 25.0 Å². The van der Waals surface area contributed by atoms with Crippen molar-refractivity contribution in [2.45, 2.75) is 5.03 Å². The van der Waals surface area contributed by atoms with Crippen LogP contribution in [0.5, 0.6) is 0 Å². The fourth-order valence-electron chi connectivity index (χ4n) is 1.77. The third kappa shape index (κ3) is 1.86. The molecular weight excluding hydrogens is 282 g/mol. The van der Waals surface area contributed by atoms with Gasteiger partial charge >= 0.3 is 0 Å². The Morgan fingerprint density at radius 2 is 2.00 bits per heavy atom. The molecule has 3 nitrogen and oxygen atoms in total. The van der Waals surface area contributed by atoms with Crippen molar-refractivity contribution < 1.29 is 0 Å². The molecule has 2 aromatic heterocycles. The second kappa shape index (κ2) is 4.79. The Balaban J connectivity index is 2.37. The van der Waals surface area contributed by atoms with Gasteiger partial charge in [0.1, 0.15) is 16.1 Å². The summed E-state index contributed by atoms with van der Waals surface area (Å²) in [5.74, 6) is 0. The van der Waals surface area contributed by atoms with Gasteiger partial charge < -0.3 is 0 Å². The summed E-state index contributed by atoms with van der Waals surface area (Å²) in [6.07, 6.45) is 3.60. The number of rotatable bonds is 2. The normalized spacial score (nSPS) is 10.9. The monoisotopic (exact) mass is 291 g/mol. The van der Waals surface area contributed by atoms with Crippen LogP contribution in [-0.2, 0) is 0 Å². The second-order valence-electron chi connectivity index (χ2n) is 3.57. The molecule has 0 spiro atoms. The summed E-state index contributed by atoms with van der Waals surface area (Å²) in [5, 5.41) is 0.978. The van der Waals surface area contributed by atoms with E-state index in [0.29, 0.717) is 0 Å². The molecular formula is C12H9N3S3. The standard InChI is InChI=1S/C12H9N3S3/c1-17-11-9-10(13-7-14-11)15(12(16)18-9)8-5-3-2-4-6-8/h2-7H,1H3. The van der Waals surface area contributed by atoms with Crippen LogP contribution in [0, 0.1) is 3.95 Å². The lowest BCUT2D eigenvalue weighted by Crippen LogP contribution is -1.95. The van der Waals surface area contributed by atoms with Gasteiger partial charge in [0.2, 0.25) is 0 Å². The molecule has 0 amide bonds. The quantitative estimate of drug-likeness (QED) is 0.406. The maximum atomic E-state index is 5.45. The van der Waals surface area contributed by atoms with Crippen LogP contribution in [0.1, 0.15) is 0 Å². The van der Waals surface area contributed by atoms with E-state index in [1.54, 1.807) is 29.4 Å². The number of aromatic nitrogens is 3. The second-order valence-corrected chi connectivity index (χ2v) is 6.01. The third-order valence-corrected chi connectivity index (χ3v) is 4.74. The molecule has 0 fully saturated rings. The van der Waals surface area contributed by atoms with Crippen LogP contribution in [0.15, 0.2) is 41.7 Å². The SMILES string of the molecule is CSc1ncnc2c1sc(=S)n2-c1ccccc1. The molecule has 2 heterocycles. The summed E-state index contributed by atoms with van der Waals surface area (Å²) < 4.78 is 3.85. The van der Waals surface area contributed by atoms with Gasteiger partial charge in [-0.15, -0.1) is 11.8 Å². The predicted octanol–water partition coefficient (Wildman–Crippen LogP) is 3.93. The minimum absolute atomic E-state index is 0.798. The number of thiazole rings is 1. The molecule has 1 aromatic carbocycles. The Hall–Kier alpha value is -1.24. The Labute approximate surface area is 118 Å². The Bertz CT molecular complexity index is 746. The molecule has 0 N–H and O–H groups in total. The Kier molecular flexibility index (Phi) is 3.15. The summed E-state index contributed by atoms with van der Waals surface area (Å²) >= 11 is 8.62. The topological polar surface area (TPSA) is 30.7 Å². The van der Waals surface area contributed by atoms with Gasteiger partial charge in [-0.1, -0.05) is 29.5 Å². The number of fused-ring (bicyclic) bond motifs is 1. The van der Waals surface area contributed by atoms with Gasteiger partial charge in [0.05, 0.1) is 0 Å². The number of hydrogen-bond acceptors (Lipinski definition) is 5. The first-order chi connectivity index (χ1) is 8.81. The average Bonchev–Trinajstić information content (AvgIpc) is 2.75. The highest BCUT2D eigenvalue weighted by Crippen LogP contribution is 2.30. The highest BCUT2D eigenvalue weighted by atomic mass is 32.2. The smallest absolute Gasteiger partial charge is 0.168 e. The Morgan fingerprint density at radius 1 is 1.22 bits per heavy atom. The van der Waals surface area contributed by atoms with E-state index in [2.05, 4.69) is 9.97 Å². The number of hydrogen-bond donors (Lipinski definition) is 0. The highest BCUT2D eigenvalue weighted by molar-refractivity contribution is 7.98. The maximum Gasteiger partial charge on any atom is 0.168 e. The van der Waals surface area contributed by atoms with Gasteiger partial charge in [0.15, 0.2) is 9.60 Å². The van der Waals surface area contributed by atoms with Gasteiger partial charge in [-0.05, 0) is 30.6 Å². The van der Waals surface area contributed by atoms with E-state index in [1.807, 2.05) is 41.2 Å². The minimum Gasteiger partial charge on any atom is -0.276 e. The fourth-order valence-corrected chi connectivity index (χ4v) is 3.85. The molecule has 90 valence electrons. The summed E-state index contributed by atoms with van der Waals surface area (Å²) in [6.45, 7) is 0. The third-order valence-electron chi connectivity index (χ3n) is 2.54. The first kappa shape index (κ1) is 11.8. The minimum atomic E-state index is 0.798. The summed E-state index contributed by atoms with van der Waals surface area (Å²) in [4.78, 5) is 8.65. The van der Waals surface area contributed by atoms with Crippen molar-refractivity contribution in [3.63, 3.8) is 0 Å². The highest BCUT2D eigenvalue weighted by Gasteiger charge is 2.11. The number of para-hydroxylation sites is 1. The largest absolute Gasteiger partial charge is 0.276 e. The van der Waals surface area contributed by atoms with Gasteiger partial charge in [-0.3, -0.25) is 4.57 Å². The van der Waals surface area contributed by atoms with E-state index in [-0.39, 0.29) is 0 Å². The molecule has 0 saturated heterocycles.